The van der Waals surface area contributed by atoms with Crippen LogP contribution in [0.25, 0.3) is 11.1 Å². The normalized spacial score (nSPS) is 10.3. The van der Waals surface area contributed by atoms with Gasteiger partial charge in [-0.05, 0) is 35.7 Å². The van der Waals surface area contributed by atoms with E-state index >= 15 is 0 Å². The van der Waals surface area contributed by atoms with Crippen LogP contribution in [0.5, 0.6) is 11.8 Å². The van der Waals surface area contributed by atoms with Crippen LogP contribution in [-0.2, 0) is 6.42 Å². The van der Waals surface area contributed by atoms with E-state index in [0.717, 1.165) is 11.1 Å². The van der Waals surface area contributed by atoms with Crippen molar-refractivity contribution < 1.29 is 23.0 Å². The van der Waals surface area contributed by atoms with Crippen molar-refractivity contribution in [3.8, 4) is 22.9 Å². The minimum Gasteiger partial charge on any atom is -0.478 e. The van der Waals surface area contributed by atoms with Gasteiger partial charge in [0.05, 0.1) is 6.61 Å². The molecule has 0 aromatic carbocycles. The average Bonchev–Trinajstić information content (AvgIpc) is 2.76. The molecule has 164 valence electrons. The van der Waals surface area contributed by atoms with E-state index in [1.165, 1.54) is 24.7 Å². The maximum absolute atomic E-state index is 12.5. The zero-order chi connectivity index (χ0) is 22.8. The summed E-state index contributed by atoms with van der Waals surface area (Å²) in [6.07, 6.45) is 6.44. The standard InChI is InChI=1S/C19H17F2N5O3.C2H6/c1-2-28-18-14(13-3-4-23-15(7-13)29-19(20)21)6-11(8-26-18)5-12-9-24-17(16(22)27)25-10-12;1-2/h3-4,6-10,19H,2,5H2,1H3,(H2,22,27);1-2H3. The lowest BCUT2D eigenvalue weighted by molar-refractivity contribution is -0.0528. The number of carbonyl (C=O) groups is 1. The van der Waals surface area contributed by atoms with Crippen molar-refractivity contribution in [2.75, 3.05) is 6.61 Å². The van der Waals surface area contributed by atoms with Gasteiger partial charge in [-0.15, -0.1) is 0 Å². The summed E-state index contributed by atoms with van der Waals surface area (Å²) >= 11 is 0. The van der Waals surface area contributed by atoms with Crippen LogP contribution in [0.1, 0.15) is 42.5 Å². The fraction of sp³-hybridized carbons (Fsp3) is 0.286. The lowest BCUT2D eigenvalue weighted by atomic mass is 10.0. The number of hydrogen-bond donors (Lipinski definition) is 1. The third-order valence-electron chi connectivity index (χ3n) is 3.78. The second kappa shape index (κ2) is 11.5. The van der Waals surface area contributed by atoms with Crippen LogP contribution < -0.4 is 15.2 Å². The Morgan fingerprint density at radius 2 is 1.74 bits per heavy atom. The molecule has 0 bridgehead atoms. The molecule has 0 spiro atoms. The summed E-state index contributed by atoms with van der Waals surface area (Å²) in [5.74, 6) is -0.629. The van der Waals surface area contributed by atoms with Crippen molar-refractivity contribution in [3.05, 3.63) is 59.9 Å². The van der Waals surface area contributed by atoms with E-state index in [1.807, 2.05) is 26.8 Å². The highest BCUT2D eigenvalue weighted by molar-refractivity contribution is 5.88. The van der Waals surface area contributed by atoms with Crippen LogP contribution in [0.2, 0.25) is 0 Å². The van der Waals surface area contributed by atoms with Gasteiger partial charge in [-0.2, -0.15) is 8.78 Å². The van der Waals surface area contributed by atoms with Crippen LogP contribution in [0.4, 0.5) is 8.78 Å². The fourth-order valence-corrected chi connectivity index (χ4v) is 2.59. The highest BCUT2D eigenvalue weighted by Crippen LogP contribution is 2.31. The molecule has 0 aliphatic rings. The van der Waals surface area contributed by atoms with E-state index in [0.29, 0.717) is 30.0 Å². The first-order valence-electron chi connectivity index (χ1n) is 9.60. The minimum atomic E-state index is -2.98. The third-order valence-corrected chi connectivity index (χ3v) is 3.78. The van der Waals surface area contributed by atoms with Crippen LogP contribution in [0, 0.1) is 0 Å². The zero-order valence-electron chi connectivity index (χ0n) is 17.4. The summed E-state index contributed by atoms with van der Waals surface area (Å²) in [4.78, 5) is 27.0. The van der Waals surface area contributed by atoms with Crippen molar-refractivity contribution in [3.63, 3.8) is 0 Å². The van der Waals surface area contributed by atoms with Crippen molar-refractivity contribution in [2.45, 2.75) is 33.8 Å². The van der Waals surface area contributed by atoms with Crippen molar-refractivity contribution in [1.29, 1.82) is 0 Å². The summed E-state index contributed by atoms with van der Waals surface area (Å²) in [5, 5.41) is 0. The summed E-state index contributed by atoms with van der Waals surface area (Å²) in [7, 11) is 0. The van der Waals surface area contributed by atoms with E-state index in [1.54, 1.807) is 12.3 Å². The lowest BCUT2D eigenvalue weighted by Crippen LogP contribution is -2.15. The zero-order valence-corrected chi connectivity index (χ0v) is 17.4. The number of carbonyl (C=O) groups excluding carboxylic acids is 1. The van der Waals surface area contributed by atoms with Crippen LogP contribution in [0.15, 0.2) is 43.0 Å². The summed E-state index contributed by atoms with van der Waals surface area (Å²) in [6.45, 7) is 3.22. The SMILES string of the molecule is CC.CCOc1ncc(Cc2cnc(C(N)=O)nc2)cc1-c1ccnc(OC(F)F)c1. The molecule has 0 aliphatic heterocycles. The van der Waals surface area contributed by atoms with Gasteiger partial charge in [0.2, 0.25) is 17.6 Å². The predicted molar refractivity (Wildman–Crippen MR) is 110 cm³/mol. The van der Waals surface area contributed by atoms with Crippen LogP contribution in [0.3, 0.4) is 0 Å². The Morgan fingerprint density at radius 1 is 1.06 bits per heavy atom. The van der Waals surface area contributed by atoms with Gasteiger partial charge in [0.15, 0.2) is 0 Å². The number of aromatic nitrogens is 4. The molecule has 10 heteroatoms. The number of hydrogen-bond acceptors (Lipinski definition) is 7. The van der Waals surface area contributed by atoms with Crippen molar-refractivity contribution in [2.24, 2.45) is 5.73 Å². The molecule has 1 amide bonds. The number of pyridine rings is 2. The maximum atomic E-state index is 12.5. The second-order valence-electron chi connectivity index (χ2n) is 5.85. The second-order valence-corrected chi connectivity index (χ2v) is 5.85. The van der Waals surface area contributed by atoms with Gasteiger partial charge in [0.25, 0.3) is 5.91 Å². The molecule has 0 saturated heterocycles. The highest BCUT2D eigenvalue weighted by atomic mass is 19.3. The van der Waals surface area contributed by atoms with E-state index in [4.69, 9.17) is 10.5 Å². The molecule has 2 N–H and O–H groups in total. The number of nitrogens with zero attached hydrogens (tertiary/aromatic N) is 4. The molecular weight excluding hydrogens is 408 g/mol. The van der Waals surface area contributed by atoms with E-state index in [-0.39, 0.29) is 11.7 Å². The molecule has 0 aliphatic carbocycles. The predicted octanol–water partition coefficient (Wildman–Crippen LogP) is 3.65. The van der Waals surface area contributed by atoms with Gasteiger partial charge in [0.1, 0.15) is 0 Å². The Hall–Kier alpha value is -3.69. The Bertz CT molecular complexity index is 1000. The first kappa shape index (κ1) is 23.6. The molecule has 8 nitrogen and oxygen atoms in total. The number of nitrogens with two attached hydrogens (primary N) is 1. The number of halogens is 2. The first-order valence-corrected chi connectivity index (χ1v) is 9.60. The number of ether oxygens (including phenoxy) is 2. The Morgan fingerprint density at radius 3 is 2.35 bits per heavy atom. The number of alkyl halides is 2. The van der Waals surface area contributed by atoms with Gasteiger partial charge in [-0.3, -0.25) is 4.79 Å². The summed E-state index contributed by atoms with van der Waals surface area (Å²) < 4.78 is 34.9. The Labute approximate surface area is 178 Å². The van der Waals surface area contributed by atoms with Gasteiger partial charge in [-0.1, -0.05) is 13.8 Å². The van der Waals surface area contributed by atoms with Gasteiger partial charge < -0.3 is 15.2 Å². The molecule has 0 atom stereocenters. The molecule has 3 rings (SSSR count). The van der Waals surface area contributed by atoms with E-state index in [9.17, 15) is 13.6 Å². The molecular formula is C21H23F2N5O3. The quantitative estimate of drug-likeness (QED) is 0.579. The number of primary amides is 1. The molecule has 3 aromatic heterocycles. The summed E-state index contributed by atoms with van der Waals surface area (Å²) in [6, 6.07) is 4.86. The molecule has 3 aromatic rings. The van der Waals surface area contributed by atoms with E-state index in [2.05, 4.69) is 24.7 Å². The van der Waals surface area contributed by atoms with Crippen LogP contribution >= 0.6 is 0 Å². The fourth-order valence-electron chi connectivity index (χ4n) is 2.59. The molecule has 0 radical (unpaired) electrons. The lowest BCUT2D eigenvalue weighted by Gasteiger charge is -2.12. The highest BCUT2D eigenvalue weighted by Gasteiger charge is 2.13. The van der Waals surface area contributed by atoms with Crippen molar-refractivity contribution >= 4 is 5.91 Å². The Kier molecular flexibility index (Phi) is 8.74. The number of rotatable bonds is 8. The molecule has 0 unspecified atom stereocenters. The molecule has 0 saturated carbocycles. The minimum absolute atomic E-state index is 0.0670. The van der Waals surface area contributed by atoms with E-state index < -0.39 is 12.5 Å². The Balaban J connectivity index is 0.00000166. The van der Waals surface area contributed by atoms with Gasteiger partial charge >= 0.3 is 6.61 Å². The smallest absolute Gasteiger partial charge is 0.388 e. The number of amides is 1. The van der Waals surface area contributed by atoms with Gasteiger partial charge in [-0.25, -0.2) is 19.9 Å². The molecule has 3 heterocycles. The topological polar surface area (TPSA) is 113 Å². The monoisotopic (exact) mass is 431 g/mol. The third kappa shape index (κ3) is 6.66. The van der Waals surface area contributed by atoms with Crippen LogP contribution in [-0.4, -0.2) is 39.1 Å². The molecule has 31 heavy (non-hydrogen) atoms. The maximum Gasteiger partial charge on any atom is 0.388 e. The first-order chi connectivity index (χ1) is 15.0. The van der Waals surface area contributed by atoms with Gasteiger partial charge in [0, 0.05) is 42.8 Å². The largest absolute Gasteiger partial charge is 0.478 e. The summed E-state index contributed by atoms with van der Waals surface area (Å²) in [5.41, 5.74) is 7.84. The molecule has 0 fully saturated rings. The average molecular weight is 431 g/mol. The van der Waals surface area contributed by atoms with Crippen molar-refractivity contribution in [1.82, 2.24) is 19.9 Å².